The number of thiophene rings is 1. The summed E-state index contributed by atoms with van der Waals surface area (Å²) in [6, 6.07) is 3.84. The molecule has 3 heterocycles. The molecule has 0 spiro atoms. The minimum Gasteiger partial charge on any atom is -0.465 e. The van der Waals surface area contributed by atoms with E-state index in [0.29, 0.717) is 4.88 Å². The van der Waals surface area contributed by atoms with Crippen molar-refractivity contribution in [3.05, 3.63) is 21.9 Å². The lowest BCUT2D eigenvalue weighted by Gasteiger charge is -2.30. The number of aryl methyl sites for hydroxylation is 1. The lowest BCUT2D eigenvalue weighted by Crippen LogP contribution is -2.33. The third-order valence-electron chi connectivity index (χ3n) is 7.12. The van der Waals surface area contributed by atoms with E-state index in [9.17, 15) is 9.90 Å². The maximum atomic E-state index is 11.7. The van der Waals surface area contributed by atoms with Crippen LogP contribution in [0.2, 0.25) is 0 Å². The van der Waals surface area contributed by atoms with Gasteiger partial charge in [-0.15, -0.1) is 11.3 Å². The van der Waals surface area contributed by atoms with E-state index in [1.54, 1.807) is 0 Å². The van der Waals surface area contributed by atoms with Crippen LogP contribution in [0.3, 0.4) is 0 Å². The minimum atomic E-state index is -0.284. The van der Waals surface area contributed by atoms with Crippen LogP contribution in [-0.4, -0.2) is 62.8 Å². The standard InChI is InChI=1S/C25H38O7S/c1-28-25(27)22-12-11-17(33-22)7-6-8-18-19(16-26)21(32-24-10-3-5-14-30-24)15-20(18)31-23-9-2-4-13-29-23/h11-12,18-21,23-24,26H,2-10,13-16H2,1H3/t18?,19-,20+,21-,23?,24?/m1/s1. The zero-order chi connectivity index (χ0) is 23.0. The number of hydrogen-bond donors (Lipinski definition) is 1. The molecule has 1 N–H and O–H groups in total. The predicted octanol–water partition coefficient (Wildman–Crippen LogP) is 4.31. The van der Waals surface area contributed by atoms with Gasteiger partial charge in [0, 0.05) is 37.0 Å². The summed E-state index contributed by atoms with van der Waals surface area (Å²) < 4.78 is 29.3. The van der Waals surface area contributed by atoms with Gasteiger partial charge in [-0.1, -0.05) is 0 Å². The van der Waals surface area contributed by atoms with Gasteiger partial charge in [0.25, 0.3) is 0 Å². The Hall–Kier alpha value is -1.03. The van der Waals surface area contributed by atoms with Crippen molar-refractivity contribution in [1.29, 1.82) is 0 Å². The van der Waals surface area contributed by atoms with Gasteiger partial charge < -0.3 is 28.8 Å². The molecule has 1 aromatic heterocycles. The van der Waals surface area contributed by atoms with Crippen LogP contribution in [0.1, 0.15) is 72.3 Å². The number of methoxy groups -OCH3 is 1. The second-order valence-corrected chi connectivity index (χ2v) is 10.5. The number of aliphatic hydroxyl groups is 1. The van der Waals surface area contributed by atoms with Gasteiger partial charge >= 0.3 is 5.97 Å². The highest BCUT2D eigenvalue weighted by atomic mass is 32.1. The first-order chi connectivity index (χ1) is 16.2. The first-order valence-corrected chi connectivity index (χ1v) is 13.3. The van der Waals surface area contributed by atoms with Crippen molar-refractivity contribution >= 4 is 17.3 Å². The predicted molar refractivity (Wildman–Crippen MR) is 124 cm³/mol. The van der Waals surface area contributed by atoms with Crippen LogP contribution in [0, 0.1) is 11.8 Å². The van der Waals surface area contributed by atoms with Crippen molar-refractivity contribution in [3.8, 4) is 0 Å². The van der Waals surface area contributed by atoms with Gasteiger partial charge in [-0.2, -0.15) is 0 Å². The first kappa shape index (κ1) is 25.1. The molecule has 1 aliphatic carbocycles. The highest BCUT2D eigenvalue weighted by molar-refractivity contribution is 7.13. The third-order valence-corrected chi connectivity index (χ3v) is 8.24. The summed E-state index contributed by atoms with van der Waals surface area (Å²) in [6.07, 6.45) is 9.41. The highest BCUT2D eigenvalue weighted by Gasteiger charge is 2.46. The van der Waals surface area contributed by atoms with Crippen molar-refractivity contribution in [2.24, 2.45) is 11.8 Å². The highest BCUT2D eigenvalue weighted by Crippen LogP contribution is 2.41. The summed E-state index contributed by atoms with van der Waals surface area (Å²) >= 11 is 1.49. The molecule has 6 atom stereocenters. The quantitative estimate of drug-likeness (QED) is 0.498. The zero-order valence-corrected chi connectivity index (χ0v) is 20.4. The Morgan fingerprint density at radius 3 is 2.27 bits per heavy atom. The van der Waals surface area contributed by atoms with Gasteiger partial charge in [-0.25, -0.2) is 4.79 Å². The molecule has 186 valence electrons. The zero-order valence-electron chi connectivity index (χ0n) is 19.6. The fraction of sp³-hybridized carbons (Fsp3) is 0.800. The lowest BCUT2D eigenvalue weighted by atomic mass is 9.89. The molecule has 0 radical (unpaired) electrons. The molecular weight excluding hydrogens is 444 g/mol. The van der Waals surface area contributed by atoms with Crippen LogP contribution >= 0.6 is 11.3 Å². The SMILES string of the molecule is COC(=O)c1ccc(CCCC2[C@@H](OC3CCCCO3)C[C@@H](OC3CCCCO3)[C@@H]2CO)s1. The van der Waals surface area contributed by atoms with Crippen molar-refractivity contribution in [3.63, 3.8) is 0 Å². The molecule has 33 heavy (non-hydrogen) atoms. The Balaban J connectivity index is 1.37. The molecule has 0 aromatic carbocycles. The molecule has 2 saturated heterocycles. The largest absolute Gasteiger partial charge is 0.465 e. The Labute approximate surface area is 200 Å². The van der Waals surface area contributed by atoms with E-state index in [2.05, 4.69) is 0 Å². The molecule has 7 nitrogen and oxygen atoms in total. The number of ether oxygens (including phenoxy) is 5. The van der Waals surface area contributed by atoms with Crippen molar-refractivity contribution in [2.45, 2.75) is 89.0 Å². The molecule has 3 fully saturated rings. The van der Waals surface area contributed by atoms with Crippen LogP contribution in [-0.2, 0) is 30.1 Å². The summed E-state index contributed by atoms with van der Waals surface area (Å²) in [4.78, 5) is 13.5. The number of rotatable bonds is 10. The summed E-state index contributed by atoms with van der Waals surface area (Å²) in [5.41, 5.74) is 0. The van der Waals surface area contributed by atoms with Crippen molar-refractivity contribution < 1.29 is 33.6 Å². The van der Waals surface area contributed by atoms with E-state index in [1.165, 1.54) is 23.3 Å². The molecule has 8 heteroatoms. The van der Waals surface area contributed by atoms with Crippen LogP contribution in [0.25, 0.3) is 0 Å². The van der Waals surface area contributed by atoms with Crippen molar-refractivity contribution in [2.75, 3.05) is 26.9 Å². The Morgan fingerprint density at radius 1 is 1.03 bits per heavy atom. The van der Waals surface area contributed by atoms with Gasteiger partial charge in [0.1, 0.15) is 4.88 Å². The van der Waals surface area contributed by atoms with Gasteiger partial charge in [0.15, 0.2) is 12.6 Å². The summed E-state index contributed by atoms with van der Waals surface area (Å²) in [5.74, 6) is -0.0551. The molecular formula is C25H38O7S. The van der Waals surface area contributed by atoms with E-state index in [-0.39, 0.29) is 49.2 Å². The summed E-state index contributed by atoms with van der Waals surface area (Å²) in [5, 5.41) is 10.3. The fourth-order valence-corrected chi connectivity index (χ4v) is 6.33. The minimum absolute atomic E-state index is 0.00723. The number of hydrogen-bond acceptors (Lipinski definition) is 8. The average molecular weight is 483 g/mol. The van der Waals surface area contributed by atoms with E-state index < -0.39 is 0 Å². The molecule has 3 aliphatic rings. The lowest BCUT2D eigenvalue weighted by molar-refractivity contribution is -0.204. The van der Waals surface area contributed by atoms with Crippen LogP contribution < -0.4 is 0 Å². The van der Waals surface area contributed by atoms with Crippen LogP contribution in [0.15, 0.2) is 12.1 Å². The van der Waals surface area contributed by atoms with E-state index in [0.717, 1.165) is 77.4 Å². The van der Waals surface area contributed by atoms with E-state index >= 15 is 0 Å². The Kier molecular flexibility index (Phi) is 9.58. The Bertz CT molecular complexity index is 726. The topological polar surface area (TPSA) is 83.5 Å². The van der Waals surface area contributed by atoms with Crippen LogP contribution in [0.5, 0.6) is 0 Å². The number of aliphatic hydroxyl groups excluding tert-OH is 1. The number of carbonyl (C=O) groups is 1. The van der Waals surface area contributed by atoms with Crippen LogP contribution in [0.4, 0.5) is 0 Å². The van der Waals surface area contributed by atoms with Gasteiger partial charge in [-0.3, -0.25) is 0 Å². The second kappa shape index (κ2) is 12.6. The van der Waals surface area contributed by atoms with Gasteiger partial charge in [-0.05, 0) is 75.8 Å². The van der Waals surface area contributed by atoms with Gasteiger partial charge in [0.05, 0.1) is 19.3 Å². The Morgan fingerprint density at radius 2 is 1.70 bits per heavy atom. The molecule has 0 bridgehead atoms. The van der Waals surface area contributed by atoms with E-state index in [1.807, 2.05) is 12.1 Å². The van der Waals surface area contributed by atoms with E-state index in [4.69, 9.17) is 23.7 Å². The van der Waals surface area contributed by atoms with Crippen molar-refractivity contribution in [1.82, 2.24) is 0 Å². The molecule has 1 aromatic rings. The van der Waals surface area contributed by atoms with Gasteiger partial charge in [0.2, 0.25) is 0 Å². The number of carbonyl (C=O) groups excluding carboxylic acids is 1. The summed E-state index contributed by atoms with van der Waals surface area (Å²) in [7, 11) is 1.41. The third kappa shape index (κ3) is 6.77. The smallest absolute Gasteiger partial charge is 0.348 e. The normalized spacial score (nSPS) is 32.7. The number of esters is 1. The fourth-order valence-electron chi connectivity index (χ4n) is 5.36. The molecule has 3 unspecified atom stereocenters. The summed E-state index contributed by atoms with van der Waals surface area (Å²) in [6.45, 7) is 1.58. The molecule has 1 saturated carbocycles. The molecule has 2 aliphatic heterocycles. The first-order valence-electron chi connectivity index (χ1n) is 12.5. The monoisotopic (exact) mass is 482 g/mol. The molecule has 0 amide bonds. The second-order valence-electron chi connectivity index (χ2n) is 9.34. The molecule has 4 rings (SSSR count). The maximum Gasteiger partial charge on any atom is 0.348 e. The maximum absolute atomic E-state index is 11.7. The average Bonchev–Trinajstić information content (AvgIpc) is 3.45.